The fourth-order valence-electron chi connectivity index (χ4n) is 5.34. The monoisotopic (exact) mass is 659 g/mol. The maximum absolute atomic E-state index is 13.9. The van der Waals surface area contributed by atoms with Crippen molar-refractivity contribution in [3.63, 3.8) is 0 Å². The molecule has 8 nitrogen and oxygen atoms in total. The van der Waals surface area contributed by atoms with Gasteiger partial charge in [-0.3, -0.25) is 14.9 Å². The van der Waals surface area contributed by atoms with Gasteiger partial charge < -0.3 is 0 Å². The molecule has 0 amide bonds. The highest BCUT2D eigenvalue weighted by atomic mass is 79.9. The first kappa shape index (κ1) is 27.8. The van der Waals surface area contributed by atoms with Crippen molar-refractivity contribution in [2.45, 2.75) is 4.99 Å². The molecule has 10 heteroatoms. The third-order valence-electron chi connectivity index (χ3n) is 7.39. The molecular formula is C34H22BrN5O3S. The van der Waals surface area contributed by atoms with Crippen molar-refractivity contribution in [3.8, 4) is 0 Å². The molecule has 0 saturated carbocycles. The van der Waals surface area contributed by atoms with Crippen molar-refractivity contribution in [1.82, 2.24) is 0 Å². The van der Waals surface area contributed by atoms with Gasteiger partial charge in [-0.15, -0.1) is 0 Å². The molecule has 0 aliphatic carbocycles. The van der Waals surface area contributed by atoms with E-state index in [1.807, 2.05) is 102 Å². The molecule has 0 saturated heterocycles. The number of carbonyl (C=O) groups excluding carboxylic acids is 1. The minimum atomic E-state index is -1.19. The lowest BCUT2D eigenvalue weighted by atomic mass is 9.93. The molecule has 44 heavy (non-hydrogen) atoms. The van der Waals surface area contributed by atoms with E-state index in [1.54, 1.807) is 29.3 Å². The van der Waals surface area contributed by atoms with E-state index in [9.17, 15) is 14.9 Å². The molecule has 0 aromatic heterocycles. The number of nitrogens with zero attached hydrogens (tertiary/aromatic N) is 5. The summed E-state index contributed by atoms with van der Waals surface area (Å²) in [5.41, 5.74) is 5.23. The first-order valence-corrected chi connectivity index (χ1v) is 15.3. The molecule has 5 aromatic carbocycles. The molecule has 2 aliphatic heterocycles. The lowest BCUT2D eigenvalue weighted by molar-refractivity contribution is -0.384. The van der Waals surface area contributed by atoms with Crippen LogP contribution in [0.1, 0.15) is 27.0 Å². The zero-order valence-electron chi connectivity index (χ0n) is 22.9. The molecule has 0 unspecified atom stereocenters. The van der Waals surface area contributed by atoms with Gasteiger partial charge in [0.05, 0.1) is 22.0 Å². The van der Waals surface area contributed by atoms with E-state index in [4.69, 9.17) is 10.2 Å². The fourth-order valence-corrected chi connectivity index (χ4v) is 6.96. The second-order valence-corrected chi connectivity index (χ2v) is 12.1. The van der Waals surface area contributed by atoms with E-state index >= 15 is 0 Å². The first-order valence-electron chi connectivity index (χ1n) is 13.7. The molecule has 0 radical (unpaired) electrons. The van der Waals surface area contributed by atoms with E-state index in [0.717, 1.165) is 32.6 Å². The Morgan fingerprint density at radius 1 is 0.727 bits per heavy atom. The quantitative estimate of drug-likeness (QED) is 0.104. The molecule has 1 spiro atoms. The number of non-ortho nitro benzene ring substituents is 1. The summed E-state index contributed by atoms with van der Waals surface area (Å²) in [6.45, 7) is 0. The number of halogens is 1. The number of hydrazone groups is 2. The highest BCUT2D eigenvalue weighted by Crippen LogP contribution is 2.55. The summed E-state index contributed by atoms with van der Waals surface area (Å²) < 4.78 is 0.954. The van der Waals surface area contributed by atoms with E-state index in [0.29, 0.717) is 11.3 Å². The van der Waals surface area contributed by atoms with Crippen LogP contribution in [0.3, 0.4) is 0 Å². The van der Waals surface area contributed by atoms with Crippen LogP contribution in [0.5, 0.6) is 0 Å². The van der Waals surface area contributed by atoms with Gasteiger partial charge in [0, 0.05) is 38.9 Å². The number of anilines is 2. The fraction of sp³-hybridized carbons (Fsp3) is 0.0294. The molecule has 2 heterocycles. The van der Waals surface area contributed by atoms with Crippen LogP contribution in [0.25, 0.3) is 0 Å². The Kier molecular flexibility index (Phi) is 7.07. The van der Waals surface area contributed by atoms with Crippen molar-refractivity contribution >= 4 is 61.3 Å². The summed E-state index contributed by atoms with van der Waals surface area (Å²) in [4.78, 5) is 23.8. The molecule has 214 valence electrons. The second-order valence-electron chi connectivity index (χ2n) is 10.0. The SMILES string of the molecule is O=C(C1=NN(c2ccc([N+](=O)[O-])cc2)[C@@]2(S1)c1ccccc1C(c1ccc(Br)cc1)=NN2c1ccccc1)c1ccccc1. The number of hydrogen-bond acceptors (Lipinski definition) is 8. The zero-order chi connectivity index (χ0) is 30.3. The third-order valence-corrected chi connectivity index (χ3v) is 9.23. The minimum Gasteiger partial charge on any atom is -0.286 e. The van der Waals surface area contributed by atoms with Crippen LogP contribution >= 0.6 is 27.7 Å². The van der Waals surface area contributed by atoms with E-state index in [1.165, 1.54) is 23.9 Å². The number of benzene rings is 5. The number of nitro benzene ring substituents is 1. The van der Waals surface area contributed by atoms with Crippen molar-refractivity contribution < 1.29 is 9.72 Å². The van der Waals surface area contributed by atoms with Gasteiger partial charge >= 0.3 is 0 Å². The maximum atomic E-state index is 13.9. The summed E-state index contributed by atoms with van der Waals surface area (Å²) in [6.07, 6.45) is 0. The normalized spacial score (nSPS) is 17.2. The topological polar surface area (TPSA) is 91.4 Å². The highest BCUT2D eigenvalue weighted by molar-refractivity contribution is 9.10. The van der Waals surface area contributed by atoms with Crippen LogP contribution in [0.2, 0.25) is 0 Å². The Morgan fingerprint density at radius 2 is 1.32 bits per heavy atom. The zero-order valence-corrected chi connectivity index (χ0v) is 25.4. The van der Waals surface area contributed by atoms with Crippen LogP contribution in [0.4, 0.5) is 17.1 Å². The molecule has 7 rings (SSSR count). The number of thioether (sulfide) groups is 1. The van der Waals surface area contributed by atoms with E-state index < -0.39 is 9.92 Å². The van der Waals surface area contributed by atoms with Gasteiger partial charge in [-0.2, -0.15) is 10.2 Å². The number of Topliss-reactive ketones (excluding diaryl/α,β-unsaturated/α-hetero) is 1. The van der Waals surface area contributed by atoms with Gasteiger partial charge in [0.1, 0.15) is 0 Å². The van der Waals surface area contributed by atoms with Crippen molar-refractivity contribution in [2.75, 3.05) is 10.0 Å². The molecule has 0 bridgehead atoms. The van der Waals surface area contributed by atoms with Gasteiger partial charge in [-0.25, -0.2) is 10.0 Å². The second kappa shape index (κ2) is 11.2. The highest BCUT2D eigenvalue weighted by Gasteiger charge is 2.56. The number of ketones is 1. The number of hydrogen-bond donors (Lipinski definition) is 0. The summed E-state index contributed by atoms with van der Waals surface area (Å²) in [6, 6.07) is 40.9. The van der Waals surface area contributed by atoms with Gasteiger partial charge in [0.2, 0.25) is 10.8 Å². The Hall–Kier alpha value is -5.06. The number of rotatable bonds is 6. The largest absolute Gasteiger partial charge is 0.286 e. The lowest BCUT2D eigenvalue weighted by Gasteiger charge is -2.47. The van der Waals surface area contributed by atoms with Crippen molar-refractivity contribution in [3.05, 3.63) is 170 Å². The van der Waals surface area contributed by atoms with Gasteiger partial charge in [-0.05, 0) is 48.2 Å². The number of para-hydroxylation sites is 1. The van der Waals surface area contributed by atoms with E-state index in [-0.39, 0.29) is 16.5 Å². The third kappa shape index (κ3) is 4.68. The first-order chi connectivity index (χ1) is 21.5. The lowest BCUT2D eigenvalue weighted by Crippen LogP contribution is -2.54. The smallest absolute Gasteiger partial charge is 0.269 e. The number of nitro groups is 1. The molecule has 5 aromatic rings. The van der Waals surface area contributed by atoms with Crippen LogP contribution in [0, 0.1) is 10.1 Å². The Bertz CT molecular complexity index is 1950. The minimum absolute atomic E-state index is 0.0429. The van der Waals surface area contributed by atoms with Gasteiger partial charge in [0.25, 0.3) is 5.69 Å². The molecule has 0 N–H and O–H groups in total. The predicted octanol–water partition coefficient (Wildman–Crippen LogP) is 8.19. The van der Waals surface area contributed by atoms with Crippen molar-refractivity contribution in [1.29, 1.82) is 0 Å². The van der Waals surface area contributed by atoms with Gasteiger partial charge in [-0.1, -0.05) is 101 Å². The predicted molar refractivity (Wildman–Crippen MR) is 178 cm³/mol. The van der Waals surface area contributed by atoms with Crippen LogP contribution in [0.15, 0.2) is 148 Å². The summed E-state index contributed by atoms with van der Waals surface area (Å²) in [5, 5.41) is 25.7. The average Bonchev–Trinajstić information content (AvgIpc) is 3.47. The average molecular weight is 661 g/mol. The summed E-state index contributed by atoms with van der Waals surface area (Å²) in [5.74, 6) is -0.229. The van der Waals surface area contributed by atoms with Crippen LogP contribution in [-0.4, -0.2) is 21.5 Å². The maximum Gasteiger partial charge on any atom is 0.269 e. The Labute approximate surface area is 265 Å². The van der Waals surface area contributed by atoms with E-state index in [2.05, 4.69) is 15.9 Å². The standard InChI is InChI=1S/C34H22BrN5O3S/c35-25-17-15-23(16-18-25)31-29-13-7-8-14-30(29)34(38(36-31)26-11-5-2-6-12-26)39(27-19-21-28(22-20-27)40(42)43)37-33(44-34)32(41)24-9-3-1-4-10-24/h1-22H/t34-/m1/s1. The Morgan fingerprint density at radius 3 is 2.00 bits per heavy atom. The summed E-state index contributed by atoms with van der Waals surface area (Å²) >= 11 is 4.84. The van der Waals surface area contributed by atoms with Gasteiger partial charge in [0.15, 0.2) is 5.04 Å². The molecular weight excluding hydrogens is 638 g/mol. The summed E-state index contributed by atoms with van der Waals surface area (Å²) in [7, 11) is 0. The van der Waals surface area contributed by atoms with Crippen LogP contribution in [-0.2, 0) is 4.99 Å². The van der Waals surface area contributed by atoms with Crippen molar-refractivity contribution in [2.24, 2.45) is 10.2 Å². The number of fused-ring (bicyclic) bond motifs is 2. The Balaban J connectivity index is 1.49. The number of carbonyl (C=O) groups is 1. The molecule has 0 fully saturated rings. The molecule has 1 atom stereocenters. The van der Waals surface area contributed by atoms with Crippen LogP contribution < -0.4 is 10.0 Å². The molecule has 2 aliphatic rings.